The number of hydrogen-bond donors (Lipinski definition) is 1. The summed E-state index contributed by atoms with van der Waals surface area (Å²) in [6, 6.07) is 11.0. The van der Waals surface area contributed by atoms with Crippen LogP contribution in [0.5, 0.6) is 11.5 Å². The number of benzene rings is 2. The summed E-state index contributed by atoms with van der Waals surface area (Å²) in [6.07, 6.45) is 1.72. The molecule has 0 aromatic heterocycles. The normalized spacial score (nSPS) is 17.6. The first-order valence-corrected chi connectivity index (χ1v) is 9.52. The fourth-order valence-corrected chi connectivity index (χ4v) is 3.32. The fraction of sp³-hybridized carbons (Fsp3) is 0.111. The summed E-state index contributed by atoms with van der Waals surface area (Å²) in [5, 5.41) is 10.6. The van der Waals surface area contributed by atoms with Crippen LogP contribution in [0.25, 0.3) is 6.08 Å². The summed E-state index contributed by atoms with van der Waals surface area (Å²) < 4.78 is 33.3. The van der Waals surface area contributed by atoms with Crippen molar-refractivity contribution in [3.63, 3.8) is 0 Å². The van der Waals surface area contributed by atoms with Crippen LogP contribution in [-0.2, 0) is 14.8 Å². The molecule has 2 aliphatic heterocycles. The van der Waals surface area contributed by atoms with Gasteiger partial charge in [-0.05, 0) is 55.0 Å². The van der Waals surface area contributed by atoms with E-state index in [0.29, 0.717) is 28.5 Å². The number of amides is 1. The number of hydrazone groups is 1. The highest BCUT2D eigenvalue weighted by Gasteiger charge is 2.29. The molecule has 0 aliphatic carbocycles. The van der Waals surface area contributed by atoms with Gasteiger partial charge in [0.15, 0.2) is 11.5 Å². The van der Waals surface area contributed by atoms with E-state index in [1.807, 2.05) is 6.07 Å². The summed E-state index contributed by atoms with van der Waals surface area (Å²) in [5.74, 6) is 0.977. The average molecular weight is 385 g/mol. The molecule has 2 aromatic rings. The first kappa shape index (κ1) is 17.3. The van der Waals surface area contributed by atoms with Crippen LogP contribution in [0.4, 0.5) is 5.69 Å². The van der Waals surface area contributed by atoms with Gasteiger partial charge in [0.2, 0.25) is 16.8 Å². The maximum atomic E-state index is 12.8. The van der Waals surface area contributed by atoms with Gasteiger partial charge < -0.3 is 9.47 Å². The third-order valence-electron chi connectivity index (χ3n) is 4.18. The molecule has 8 nitrogen and oxygen atoms in total. The van der Waals surface area contributed by atoms with E-state index < -0.39 is 10.0 Å². The van der Waals surface area contributed by atoms with Crippen molar-refractivity contribution in [1.82, 2.24) is 0 Å². The second kappa shape index (κ2) is 6.22. The Bertz CT molecular complexity index is 1100. The molecular formula is C18H15N3O5S. The Balaban J connectivity index is 1.63. The van der Waals surface area contributed by atoms with Crippen LogP contribution >= 0.6 is 0 Å². The molecule has 2 aromatic carbocycles. The van der Waals surface area contributed by atoms with Crippen LogP contribution in [0, 0.1) is 0 Å². The summed E-state index contributed by atoms with van der Waals surface area (Å²) in [6.45, 7) is 1.91. The Morgan fingerprint density at radius 2 is 1.81 bits per heavy atom. The lowest BCUT2D eigenvalue weighted by Crippen LogP contribution is -2.21. The maximum absolute atomic E-state index is 12.8. The van der Waals surface area contributed by atoms with Gasteiger partial charge in [0, 0.05) is 0 Å². The minimum atomic E-state index is -3.80. The molecule has 0 atom stereocenters. The van der Waals surface area contributed by atoms with E-state index in [1.54, 1.807) is 25.1 Å². The molecular weight excluding hydrogens is 370 g/mol. The molecule has 0 saturated heterocycles. The molecule has 9 heteroatoms. The number of fused-ring (bicyclic) bond motifs is 1. The second-order valence-electron chi connectivity index (χ2n) is 6.01. The summed E-state index contributed by atoms with van der Waals surface area (Å²) in [7, 11) is -3.80. The number of sulfonamides is 1. The van der Waals surface area contributed by atoms with Crippen molar-refractivity contribution in [1.29, 1.82) is 0 Å². The van der Waals surface area contributed by atoms with Gasteiger partial charge in [-0.1, -0.05) is 6.07 Å². The van der Waals surface area contributed by atoms with E-state index in [-0.39, 0.29) is 17.6 Å². The van der Waals surface area contributed by atoms with Gasteiger partial charge in [-0.3, -0.25) is 4.79 Å². The van der Waals surface area contributed by atoms with E-state index in [9.17, 15) is 13.2 Å². The zero-order chi connectivity index (χ0) is 19.2. The number of carbonyl (C=O) groups excluding carboxylic acids is 1. The van der Waals surface area contributed by atoms with Crippen molar-refractivity contribution in [2.45, 2.75) is 11.8 Å². The lowest BCUT2D eigenvalue weighted by Gasteiger charge is -2.12. The van der Waals surface area contributed by atoms with Crippen molar-refractivity contribution in [3.8, 4) is 11.5 Å². The first-order chi connectivity index (χ1) is 12.8. The van der Waals surface area contributed by atoms with Crippen LogP contribution < -0.4 is 19.6 Å². The molecule has 4 rings (SSSR count). The molecule has 0 bridgehead atoms. The minimum Gasteiger partial charge on any atom is -0.454 e. The first-order valence-electron chi connectivity index (χ1n) is 7.97. The van der Waals surface area contributed by atoms with Crippen molar-refractivity contribution in [3.05, 3.63) is 53.6 Å². The van der Waals surface area contributed by atoms with E-state index in [2.05, 4.69) is 5.10 Å². The zero-order valence-electron chi connectivity index (χ0n) is 14.2. The van der Waals surface area contributed by atoms with Gasteiger partial charge in [0.05, 0.1) is 21.9 Å². The number of rotatable bonds is 3. The second-order valence-corrected chi connectivity index (χ2v) is 7.57. The van der Waals surface area contributed by atoms with Gasteiger partial charge in [0.25, 0.3) is 5.91 Å². The Hall–Kier alpha value is -3.17. The number of hydrogen-bond acceptors (Lipinski definition) is 6. The predicted molar refractivity (Wildman–Crippen MR) is 99.0 cm³/mol. The summed E-state index contributed by atoms with van der Waals surface area (Å²) in [5.41, 5.74) is 2.21. The van der Waals surface area contributed by atoms with Crippen LogP contribution in [0.1, 0.15) is 12.5 Å². The van der Waals surface area contributed by atoms with Gasteiger partial charge in [-0.2, -0.15) is 10.1 Å². The summed E-state index contributed by atoms with van der Waals surface area (Å²) in [4.78, 5) is 12.7. The van der Waals surface area contributed by atoms with E-state index in [1.165, 1.54) is 29.3 Å². The SMILES string of the molecule is CC1=NN(c2ccc(S(N)(=O)=O)cc2)C(=O)/C1=C\c1ccc2c(c1)OCO2. The third kappa shape index (κ3) is 3.18. The highest BCUT2D eigenvalue weighted by atomic mass is 32.2. The maximum Gasteiger partial charge on any atom is 0.280 e. The number of carbonyl (C=O) groups is 1. The average Bonchev–Trinajstić information content (AvgIpc) is 3.20. The Morgan fingerprint density at radius 3 is 2.52 bits per heavy atom. The molecule has 2 heterocycles. The number of primary sulfonamides is 1. The monoisotopic (exact) mass is 385 g/mol. The number of ether oxygens (including phenoxy) is 2. The number of anilines is 1. The smallest absolute Gasteiger partial charge is 0.280 e. The standard InChI is InChI=1S/C18H15N3O5S/c1-11-15(8-12-2-7-16-17(9-12)26-10-25-16)18(22)21(20-11)13-3-5-14(6-4-13)27(19,23)24/h2-9H,10H2,1H3,(H2,19,23,24)/b15-8-. The molecule has 0 saturated carbocycles. The van der Waals surface area contributed by atoms with Crippen molar-refractivity contribution >= 4 is 33.4 Å². The quantitative estimate of drug-likeness (QED) is 0.811. The highest BCUT2D eigenvalue weighted by molar-refractivity contribution is 7.89. The van der Waals surface area contributed by atoms with Gasteiger partial charge in [0.1, 0.15) is 0 Å². The summed E-state index contributed by atoms with van der Waals surface area (Å²) >= 11 is 0. The van der Waals surface area contributed by atoms with Gasteiger partial charge >= 0.3 is 0 Å². The van der Waals surface area contributed by atoms with E-state index in [4.69, 9.17) is 14.6 Å². The Labute approximate surface area is 155 Å². The molecule has 2 N–H and O–H groups in total. The topological polar surface area (TPSA) is 111 Å². The lowest BCUT2D eigenvalue weighted by molar-refractivity contribution is -0.114. The molecule has 0 spiro atoms. The zero-order valence-corrected chi connectivity index (χ0v) is 15.1. The van der Waals surface area contributed by atoms with E-state index in [0.717, 1.165) is 5.56 Å². The molecule has 27 heavy (non-hydrogen) atoms. The van der Waals surface area contributed by atoms with Crippen LogP contribution in [0.2, 0.25) is 0 Å². The number of nitrogens with two attached hydrogens (primary N) is 1. The third-order valence-corrected chi connectivity index (χ3v) is 5.11. The molecule has 1 amide bonds. The lowest BCUT2D eigenvalue weighted by atomic mass is 10.1. The van der Waals surface area contributed by atoms with Crippen molar-refractivity contribution in [2.75, 3.05) is 11.8 Å². The van der Waals surface area contributed by atoms with E-state index >= 15 is 0 Å². The van der Waals surface area contributed by atoms with Crippen LogP contribution in [-0.4, -0.2) is 26.8 Å². The fourth-order valence-electron chi connectivity index (χ4n) is 2.81. The Kier molecular flexibility index (Phi) is 3.97. The molecule has 0 unspecified atom stereocenters. The van der Waals surface area contributed by atoms with Crippen LogP contribution in [0.3, 0.4) is 0 Å². The van der Waals surface area contributed by atoms with Crippen LogP contribution in [0.15, 0.2) is 58.0 Å². The largest absolute Gasteiger partial charge is 0.454 e. The van der Waals surface area contributed by atoms with Gasteiger partial charge in [-0.15, -0.1) is 0 Å². The predicted octanol–water partition coefficient (Wildman–Crippen LogP) is 1.87. The molecule has 138 valence electrons. The number of nitrogens with zero attached hydrogens (tertiary/aromatic N) is 2. The van der Waals surface area contributed by atoms with Crippen molar-refractivity contribution < 1.29 is 22.7 Å². The molecule has 0 fully saturated rings. The highest BCUT2D eigenvalue weighted by Crippen LogP contribution is 2.34. The Morgan fingerprint density at radius 1 is 1.11 bits per heavy atom. The minimum absolute atomic E-state index is 0.0327. The molecule has 2 aliphatic rings. The molecule has 0 radical (unpaired) electrons. The van der Waals surface area contributed by atoms with Gasteiger partial charge in [-0.25, -0.2) is 13.6 Å². The van der Waals surface area contributed by atoms with Crippen molar-refractivity contribution in [2.24, 2.45) is 10.2 Å².